The van der Waals surface area contributed by atoms with Crippen LogP contribution in [0.1, 0.15) is 24.6 Å². The lowest BCUT2D eigenvalue weighted by Crippen LogP contribution is -2.31. The highest BCUT2D eigenvalue weighted by molar-refractivity contribution is 5.97. The first-order valence-electron chi connectivity index (χ1n) is 8.83. The summed E-state index contributed by atoms with van der Waals surface area (Å²) >= 11 is 0. The van der Waals surface area contributed by atoms with Crippen molar-refractivity contribution < 1.29 is 4.74 Å². The Balaban J connectivity index is 1.75. The molecule has 0 aliphatic carbocycles. The van der Waals surface area contributed by atoms with Gasteiger partial charge in [-0.3, -0.25) is 4.68 Å². The van der Waals surface area contributed by atoms with E-state index in [0.29, 0.717) is 6.04 Å². The van der Waals surface area contributed by atoms with Crippen molar-refractivity contribution in [2.75, 3.05) is 27.2 Å². The number of hydrogen-bond acceptors (Lipinski definition) is 4. The number of likely N-dealkylation sites (tertiary alicyclic amines) is 1. The molecule has 0 N–H and O–H groups in total. The van der Waals surface area contributed by atoms with Crippen LogP contribution in [-0.2, 0) is 0 Å². The molecule has 4 rings (SSSR count). The fraction of sp³-hybridized carbons (Fsp3) is 0.400. The molecular weight excluding hydrogens is 312 g/mol. The van der Waals surface area contributed by atoms with Gasteiger partial charge in [0.05, 0.1) is 19.3 Å². The van der Waals surface area contributed by atoms with E-state index < -0.39 is 0 Å². The fourth-order valence-corrected chi connectivity index (χ4v) is 3.69. The zero-order chi connectivity index (χ0) is 17.4. The number of piperidine rings is 1. The summed E-state index contributed by atoms with van der Waals surface area (Å²) in [4.78, 5) is 7.06. The van der Waals surface area contributed by atoms with Crippen LogP contribution >= 0.6 is 0 Å². The lowest BCUT2D eigenvalue weighted by atomic mass is 10.0. The predicted octanol–water partition coefficient (Wildman–Crippen LogP) is 3.68. The summed E-state index contributed by atoms with van der Waals surface area (Å²) in [6.45, 7) is 4.29. The van der Waals surface area contributed by atoms with Crippen molar-refractivity contribution in [3.63, 3.8) is 0 Å². The molecule has 3 aromatic rings. The van der Waals surface area contributed by atoms with Gasteiger partial charge in [0.2, 0.25) is 0 Å². The van der Waals surface area contributed by atoms with Gasteiger partial charge in [-0.05, 0) is 57.6 Å². The molecule has 0 radical (unpaired) electrons. The second-order valence-electron chi connectivity index (χ2n) is 6.91. The van der Waals surface area contributed by atoms with E-state index in [1.807, 2.05) is 25.3 Å². The zero-order valence-electron chi connectivity index (χ0n) is 15.1. The molecule has 1 fully saturated rings. The summed E-state index contributed by atoms with van der Waals surface area (Å²) in [6, 6.07) is 8.71. The first-order valence-corrected chi connectivity index (χ1v) is 8.83. The number of hydrogen-bond donors (Lipinski definition) is 0. The Morgan fingerprint density at radius 2 is 2.00 bits per heavy atom. The van der Waals surface area contributed by atoms with E-state index in [4.69, 9.17) is 4.74 Å². The lowest BCUT2D eigenvalue weighted by Gasteiger charge is -2.28. The van der Waals surface area contributed by atoms with Gasteiger partial charge >= 0.3 is 0 Å². The van der Waals surface area contributed by atoms with Crippen molar-refractivity contribution in [3.05, 3.63) is 42.4 Å². The molecule has 1 aliphatic rings. The minimum Gasteiger partial charge on any atom is -0.494 e. The molecule has 2 aromatic heterocycles. The number of methoxy groups -OCH3 is 1. The van der Waals surface area contributed by atoms with Crippen LogP contribution in [0.25, 0.3) is 22.0 Å². The molecule has 0 saturated carbocycles. The van der Waals surface area contributed by atoms with Crippen molar-refractivity contribution in [3.8, 4) is 16.9 Å². The second-order valence-corrected chi connectivity index (χ2v) is 6.91. The summed E-state index contributed by atoms with van der Waals surface area (Å²) in [5.74, 6) is 0.810. The third-order valence-corrected chi connectivity index (χ3v) is 5.13. The van der Waals surface area contributed by atoms with Crippen LogP contribution in [0.15, 0.2) is 36.7 Å². The molecule has 0 atom stereocenters. The summed E-state index contributed by atoms with van der Waals surface area (Å²) in [6.07, 6.45) is 6.47. The average molecular weight is 336 g/mol. The van der Waals surface area contributed by atoms with Crippen LogP contribution < -0.4 is 4.74 Å². The SMILES string of the molecule is COc1cccc2c(-c3cnn(C4CCN(C)CC4)c3)cc(C)nc12. The monoisotopic (exact) mass is 336 g/mol. The number of aryl methyl sites for hydroxylation is 1. The Morgan fingerprint density at radius 1 is 1.20 bits per heavy atom. The van der Waals surface area contributed by atoms with Crippen LogP contribution in [0.3, 0.4) is 0 Å². The molecule has 1 saturated heterocycles. The zero-order valence-corrected chi connectivity index (χ0v) is 15.1. The Morgan fingerprint density at radius 3 is 2.76 bits per heavy atom. The van der Waals surface area contributed by atoms with Crippen molar-refractivity contribution in [1.29, 1.82) is 0 Å². The van der Waals surface area contributed by atoms with Crippen LogP contribution in [0.4, 0.5) is 0 Å². The van der Waals surface area contributed by atoms with Gasteiger partial charge in [0.1, 0.15) is 11.3 Å². The minimum absolute atomic E-state index is 0.494. The average Bonchev–Trinajstić information content (AvgIpc) is 3.11. The van der Waals surface area contributed by atoms with Gasteiger partial charge in [0.15, 0.2) is 0 Å². The number of rotatable bonds is 3. The van der Waals surface area contributed by atoms with Gasteiger partial charge in [-0.2, -0.15) is 5.10 Å². The molecule has 1 aromatic carbocycles. The van der Waals surface area contributed by atoms with Gasteiger partial charge in [-0.1, -0.05) is 12.1 Å². The third-order valence-electron chi connectivity index (χ3n) is 5.13. The molecule has 25 heavy (non-hydrogen) atoms. The highest BCUT2D eigenvalue weighted by atomic mass is 16.5. The van der Waals surface area contributed by atoms with Crippen molar-refractivity contribution in [1.82, 2.24) is 19.7 Å². The Hall–Kier alpha value is -2.40. The number of benzene rings is 1. The molecule has 130 valence electrons. The highest BCUT2D eigenvalue weighted by Crippen LogP contribution is 2.33. The van der Waals surface area contributed by atoms with Crippen molar-refractivity contribution in [2.24, 2.45) is 0 Å². The van der Waals surface area contributed by atoms with Crippen LogP contribution in [0.2, 0.25) is 0 Å². The summed E-state index contributed by atoms with van der Waals surface area (Å²) < 4.78 is 7.64. The molecule has 5 heteroatoms. The number of fused-ring (bicyclic) bond motifs is 1. The maximum atomic E-state index is 5.50. The fourth-order valence-electron chi connectivity index (χ4n) is 3.69. The lowest BCUT2D eigenvalue weighted by molar-refractivity contribution is 0.212. The summed E-state index contributed by atoms with van der Waals surface area (Å²) in [7, 11) is 3.88. The first-order chi connectivity index (χ1) is 12.2. The van der Waals surface area contributed by atoms with Gasteiger partial charge in [0.25, 0.3) is 0 Å². The molecule has 0 unspecified atom stereocenters. The van der Waals surface area contributed by atoms with Gasteiger partial charge in [-0.25, -0.2) is 4.98 Å². The van der Waals surface area contributed by atoms with E-state index in [9.17, 15) is 0 Å². The van der Waals surface area contributed by atoms with E-state index in [0.717, 1.165) is 53.8 Å². The third kappa shape index (κ3) is 3.00. The number of ether oxygens (including phenoxy) is 1. The number of pyridine rings is 1. The quantitative estimate of drug-likeness (QED) is 0.732. The largest absolute Gasteiger partial charge is 0.494 e. The van der Waals surface area contributed by atoms with Gasteiger partial charge in [0, 0.05) is 22.8 Å². The molecule has 5 nitrogen and oxygen atoms in total. The number of para-hydroxylation sites is 1. The highest BCUT2D eigenvalue weighted by Gasteiger charge is 2.20. The molecule has 0 bridgehead atoms. The van der Waals surface area contributed by atoms with Gasteiger partial charge in [-0.15, -0.1) is 0 Å². The summed E-state index contributed by atoms with van der Waals surface area (Å²) in [5, 5.41) is 5.77. The Kier molecular flexibility index (Phi) is 4.17. The molecule has 0 spiro atoms. The predicted molar refractivity (Wildman–Crippen MR) is 100 cm³/mol. The van der Waals surface area contributed by atoms with Crippen LogP contribution in [-0.4, -0.2) is 46.9 Å². The standard InChI is InChI=1S/C20H24N4O/c1-14-11-18(17-5-4-6-19(25-3)20(17)22-14)15-12-21-24(13-15)16-7-9-23(2)10-8-16/h4-6,11-13,16H,7-10H2,1-3H3. The maximum Gasteiger partial charge on any atom is 0.145 e. The smallest absolute Gasteiger partial charge is 0.145 e. The topological polar surface area (TPSA) is 43.2 Å². The van der Waals surface area contributed by atoms with Crippen LogP contribution in [0, 0.1) is 6.92 Å². The minimum atomic E-state index is 0.494. The van der Waals surface area contributed by atoms with E-state index in [-0.39, 0.29) is 0 Å². The number of aromatic nitrogens is 3. The van der Waals surface area contributed by atoms with Crippen molar-refractivity contribution >= 4 is 10.9 Å². The first kappa shape index (κ1) is 16.1. The van der Waals surface area contributed by atoms with Gasteiger partial charge < -0.3 is 9.64 Å². The molecular formula is C20H24N4O. The molecule has 3 heterocycles. The summed E-state index contributed by atoms with van der Waals surface area (Å²) in [5.41, 5.74) is 4.20. The van der Waals surface area contributed by atoms with Crippen LogP contribution in [0.5, 0.6) is 5.75 Å². The molecule has 1 aliphatic heterocycles. The Bertz CT molecular complexity index is 894. The van der Waals surface area contributed by atoms with Crippen molar-refractivity contribution in [2.45, 2.75) is 25.8 Å². The van der Waals surface area contributed by atoms with E-state index >= 15 is 0 Å². The van der Waals surface area contributed by atoms with E-state index in [1.165, 1.54) is 5.56 Å². The second kappa shape index (κ2) is 6.48. The Labute approximate surface area is 148 Å². The maximum absolute atomic E-state index is 5.50. The number of nitrogens with zero attached hydrogens (tertiary/aromatic N) is 4. The molecule has 0 amide bonds. The van der Waals surface area contributed by atoms with E-state index in [1.54, 1.807) is 7.11 Å². The van der Waals surface area contributed by atoms with E-state index in [2.05, 4.69) is 45.0 Å². The normalized spacial score (nSPS) is 16.4.